The highest BCUT2D eigenvalue weighted by Crippen LogP contribution is 2.33. The van der Waals surface area contributed by atoms with Gasteiger partial charge in [-0.1, -0.05) is 26.0 Å². The molecular weight excluding hydrogens is 382 g/mol. The van der Waals surface area contributed by atoms with E-state index in [1.807, 2.05) is 31.2 Å². The molecule has 0 radical (unpaired) electrons. The molecule has 0 bridgehead atoms. The van der Waals surface area contributed by atoms with Crippen LogP contribution in [-0.2, 0) is 14.3 Å². The number of para-hydroxylation sites is 2. The lowest BCUT2D eigenvalue weighted by Gasteiger charge is -2.35. The molecule has 0 spiro atoms. The van der Waals surface area contributed by atoms with Crippen LogP contribution in [0.15, 0.2) is 24.3 Å². The number of rotatable bonds is 9. The molecule has 2 aliphatic rings. The van der Waals surface area contributed by atoms with Crippen molar-refractivity contribution in [2.24, 2.45) is 11.8 Å². The highest BCUT2D eigenvalue weighted by Gasteiger charge is 2.36. The zero-order valence-corrected chi connectivity index (χ0v) is 18.4. The van der Waals surface area contributed by atoms with Gasteiger partial charge in [-0.25, -0.2) is 0 Å². The zero-order chi connectivity index (χ0) is 21.5. The van der Waals surface area contributed by atoms with E-state index in [9.17, 15) is 9.59 Å². The van der Waals surface area contributed by atoms with Crippen molar-refractivity contribution < 1.29 is 19.1 Å². The van der Waals surface area contributed by atoms with Gasteiger partial charge in [0.15, 0.2) is 0 Å². The Kier molecular flexibility index (Phi) is 8.10. The number of benzene rings is 1. The molecule has 2 atom stereocenters. The Morgan fingerprint density at radius 1 is 1.27 bits per heavy atom. The lowest BCUT2D eigenvalue weighted by atomic mass is 10.0. The molecule has 0 saturated carbocycles. The molecule has 166 valence electrons. The molecule has 1 aromatic rings. The van der Waals surface area contributed by atoms with Gasteiger partial charge in [0.05, 0.1) is 31.4 Å². The second kappa shape index (κ2) is 10.8. The van der Waals surface area contributed by atoms with E-state index >= 15 is 0 Å². The summed E-state index contributed by atoms with van der Waals surface area (Å²) in [6.07, 6.45) is 1.26. The van der Waals surface area contributed by atoms with Gasteiger partial charge in [-0.15, -0.1) is 0 Å². The van der Waals surface area contributed by atoms with Gasteiger partial charge in [-0.05, 0) is 31.4 Å². The number of hydrogen-bond donors (Lipinski definition) is 1. The normalized spacial score (nSPS) is 21.1. The number of anilines is 1. The van der Waals surface area contributed by atoms with Gasteiger partial charge in [-0.3, -0.25) is 14.5 Å². The van der Waals surface area contributed by atoms with E-state index in [1.54, 1.807) is 4.90 Å². The maximum Gasteiger partial charge on any atom is 0.227 e. The van der Waals surface area contributed by atoms with Gasteiger partial charge >= 0.3 is 0 Å². The first-order valence-corrected chi connectivity index (χ1v) is 11.1. The monoisotopic (exact) mass is 417 g/mol. The first-order chi connectivity index (χ1) is 14.5. The zero-order valence-electron chi connectivity index (χ0n) is 18.4. The van der Waals surface area contributed by atoms with Crippen LogP contribution in [0.2, 0.25) is 0 Å². The van der Waals surface area contributed by atoms with Crippen molar-refractivity contribution in [1.82, 2.24) is 10.2 Å². The molecule has 7 nitrogen and oxygen atoms in total. The first kappa shape index (κ1) is 22.6. The van der Waals surface area contributed by atoms with Crippen molar-refractivity contribution in [3.05, 3.63) is 24.3 Å². The summed E-state index contributed by atoms with van der Waals surface area (Å²) in [7, 11) is 0. The van der Waals surface area contributed by atoms with Crippen molar-refractivity contribution >= 4 is 17.5 Å². The number of carbonyl (C=O) groups excluding carboxylic acids is 2. The van der Waals surface area contributed by atoms with Crippen LogP contribution in [0.4, 0.5) is 5.69 Å². The van der Waals surface area contributed by atoms with E-state index in [-0.39, 0.29) is 24.2 Å². The Morgan fingerprint density at radius 3 is 2.70 bits per heavy atom. The summed E-state index contributed by atoms with van der Waals surface area (Å²) < 4.78 is 11.1. The minimum Gasteiger partial charge on any atom is -0.492 e. The predicted molar refractivity (Wildman–Crippen MR) is 117 cm³/mol. The maximum atomic E-state index is 12.9. The molecule has 1 N–H and O–H groups in total. The maximum absolute atomic E-state index is 12.9. The molecule has 3 rings (SSSR count). The molecule has 2 amide bonds. The third-order valence-electron chi connectivity index (χ3n) is 5.77. The smallest absolute Gasteiger partial charge is 0.227 e. The largest absolute Gasteiger partial charge is 0.492 e. The van der Waals surface area contributed by atoms with Crippen LogP contribution in [0.1, 0.15) is 33.6 Å². The van der Waals surface area contributed by atoms with Gasteiger partial charge in [0.1, 0.15) is 5.75 Å². The average Bonchev–Trinajstić information content (AvgIpc) is 3.13. The fourth-order valence-electron chi connectivity index (χ4n) is 4.28. The fourth-order valence-corrected chi connectivity index (χ4v) is 4.28. The Balaban J connectivity index is 1.60. The summed E-state index contributed by atoms with van der Waals surface area (Å²) in [6.45, 7) is 11.1. The molecule has 2 heterocycles. The summed E-state index contributed by atoms with van der Waals surface area (Å²) in [5.74, 6) is 0.819. The van der Waals surface area contributed by atoms with Gasteiger partial charge in [0.25, 0.3) is 0 Å². The second-order valence-corrected chi connectivity index (χ2v) is 8.48. The van der Waals surface area contributed by atoms with Crippen LogP contribution in [0.25, 0.3) is 0 Å². The lowest BCUT2D eigenvalue weighted by molar-refractivity contribution is -0.126. The summed E-state index contributed by atoms with van der Waals surface area (Å²) in [4.78, 5) is 29.6. The molecular formula is C23H35N3O4. The van der Waals surface area contributed by atoms with Crippen molar-refractivity contribution in [2.45, 2.75) is 39.7 Å². The molecule has 2 fully saturated rings. The molecule has 2 unspecified atom stereocenters. The van der Waals surface area contributed by atoms with Crippen molar-refractivity contribution in [3.8, 4) is 5.75 Å². The van der Waals surface area contributed by atoms with Crippen LogP contribution in [0.5, 0.6) is 5.75 Å². The summed E-state index contributed by atoms with van der Waals surface area (Å²) in [5.41, 5.74) is 0.741. The third-order valence-corrected chi connectivity index (χ3v) is 5.77. The SMILES string of the molecule is CCOc1ccccc1N1CC(C(=O)NCC(CC(C)C)N2CCOCC2)CC1=O. The van der Waals surface area contributed by atoms with Crippen LogP contribution >= 0.6 is 0 Å². The predicted octanol–water partition coefficient (Wildman–Crippen LogP) is 2.30. The standard InChI is InChI=1S/C23H35N3O4/c1-4-30-21-8-6-5-7-20(21)26-16-18(14-22(26)27)23(28)24-15-19(13-17(2)3)25-9-11-29-12-10-25/h5-8,17-19H,4,9-16H2,1-3H3,(H,24,28). The van der Waals surface area contributed by atoms with Crippen LogP contribution < -0.4 is 15.0 Å². The number of nitrogens with one attached hydrogen (secondary N) is 1. The minimum atomic E-state index is -0.337. The van der Waals surface area contributed by atoms with Gasteiger partial charge in [-0.2, -0.15) is 0 Å². The number of ether oxygens (including phenoxy) is 2. The van der Waals surface area contributed by atoms with Crippen molar-refractivity contribution in [2.75, 3.05) is 50.9 Å². The van der Waals surface area contributed by atoms with Crippen LogP contribution in [0.3, 0.4) is 0 Å². The molecule has 2 saturated heterocycles. The molecule has 2 aliphatic heterocycles. The Bertz CT molecular complexity index is 718. The Labute approximate surface area is 179 Å². The molecule has 0 aliphatic carbocycles. The van der Waals surface area contributed by atoms with Crippen molar-refractivity contribution in [3.63, 3.8) is 0 Å². The van der Waals surface area contributed by atoms with E-state index < -0.39 is 0 Å². The van der Waals surface area contributed by atoms with Crippen LogP contribution in [0, 0.1) is 11.8 Å². The minimum absolute atomic E-state index is 0.0331. The van der Waals surface area contributed by atoms with Gasteiger partial charge in [0, 0.05) is 38.6 Å². The van der Waals surface area contributed by atoms with E-state index in [4.69, 9.17) is 9.47 Å². The third kappa shape index (κ3) is 5.73. The average molecular weight is 418 g/mol. The Hall–Kier alpha value is -2.12. The summed E-state index contributed by atoms with van der Waals surface area (Å²) >= 11 is 0. The fraction of sp³-hybridized carbons (Fsp3) is 0.652. The highest BCUT2D eigenvalue weighted by molar-refractivity contribution is 6.01. The molecule has 7 heteroatoms. The van der Waals surface area contributed by atoms with E-state index in [2.05, 4.69) is 24.1 Å². The topological polar surface area (TPSA) is 71.1 Å². The van der Waals surface area contributed by atoms with Crippen LogP contribution in [-0.4, -0.2) is 68.8 Å². The Morgan fingerprint density at radius 2 is 2.00 bits per heavy atom. The molecule has 0 aromatic heterocycles. The van der Waals surface area contributed by atoms with Gasteiger partial charge in [0.2, 0.25) is 11.8 Å². The second-order valence-electron chi connectivity index (χ2n) is 8.48. The number of amides is 2. The highest BCUT2D eigenvalue weighted by atomic mass is 16.5. The summed E-state index contributed by atoms with van der Waals surface area (Å²) in [6, 6.07) is 7.81. The van der Waals surface area contributed by atoms with Crippen molar-refractivity contribution in [1.29, 1.82) is 0 Å². The first-order valence-electron chi connectivity index (χ1n) is 11.1. The molecule has 30 heavy (non-hydrogen) atoms. The number of hydrogen-bond acceptors (Lipinski definition) is 5. The quantitative estimate of drug-likeness (QED) is 0.668. The lowest BCUT2D eigenvalue weighted by Crippen LogP contribution is -2.50. The number of morpholine rings is 1. The summed E-state index contributed by atoms with van der Waals surface area (Å²) in [5, 5.41) is 3.13. The molecule has 1 aromatic carbocycles. The van der Waals surface area contributed by atoms with E-state index in [1.165, 1.54) is 0 Å². The number of carbonyl (C=O) groups is 2. The van der Waals surface area contributed by atoms with Gasteiger partial charge < -0.3 is 19.7 Å². The van der Waals surface area contributed by atoms with E-state index in [0.29, 0.717) is 37.4 Å². The van der Waals surface area contributed by atoms with E-state index in [0.717, 1.165) is 38.4 Å². The number of nitrogens with zero attached hydrogens (tertiary/aromatic N) is 2.